The van der Waals surface area contributed by atoms with Gasteiger partial charge < -0.3 is 10.2 Å². The van der Waals surface area contributed by atoms with Gasteiger partial charge in [-0.05, 0) is 30.6 Å². The lowest BCUT2D eigenvalue weighted by Gasteiger charge is -2.36. The molecule has 0 atom stereocenters. The Morgan fingerprint density at radius 1 is 1.15 bits per heavy atom. The summed E-state index contributed by atoms with van der Waals surface area (Å²) in [7, 11) is 1.93. The van der Waals surface area contributed by atoms with E-state index in [-0.39, 0.29) is 0 Å². The summed E-state index contributed by atoms with van der Waals surface area (Å²) in [6, 6.07) is 0. The van der Waals surface area contributed by atoms with Crippen LogP contribution in [0.25, 0.3) is 0 Å². The lowest BCUT2D eigenvalue weighted by atomic mass is 9.86. The van der Waals surface area contributed by atoms with Crippen molar-refractivity contribution < 1.29 is 0 Å². The number of nitrogens with zero attached hydrogens (tertiary/aromatic N) is 3. The van der Waals surface area contributed by atoms with Gasteiger partial charge in [0, 0.05) is 25.7 Å². The Hall–Kier alpha value is -1.32. The molecule has 0 bridgehead atoms. The van der Waals surface area contributed by atoms with Gasteiger partial charge in [-0.15, -0.1) is 0 Å². The fraction of sp³-hybridized carbons (Fsp3) is 0.750. The second kappa shape index (κ2) is 6.42. The lowest BCUT2D eigenvalue weighted by Crippen LogP contribution is -2.36. The molecule has 1 aromatic rings. The fourth-order valence-electron chi connectivity index (χ4n) is 3.15. The zero-order chi connectivity index (χ0) is 14.7. The Labute approximate surface area is 123 Å². The standard InChI is InChI=1S/C16H28N4/c1-11(2)13-6-8-20(9-7-13)16-14(12(3)4)15(17-5)18-10-19-16/h10-13H,6-9H2,1-5H3,(H,17,18,19). The van der Waals surface area contributed by atoms with E-state index in [2.05, 4.69) is 47.9 Å². The minimum Gasteiger partial charge on any atom is -0.373 e. The fourth-order valence-corrected chi connectivity index (χ4v) is 3.15. The summed E-state index contributed by atoms with van der Waals surface area (Å²) >= 11 is 0. The summed E-state index contributed by atoms with van der Waals surface area (Å²) in [5, 5.41) is 3.21. The highest BCUT2D eigenvalue weighted by molar-refractivity contribution is 5.60. The second-order valence-corrected chi connectivity index (χ2v) is 6.43. The molecule has 1 aliphatic heterocycles. The van der Waals surface area contributed by atoms with Crippen molar-refractivity contribution in [2.75, 3.05) is 30.4 Å². The molecule has 0 aliphatic carbocycles. The van der Waals surface area contributed by atoms with Crippen LogP contribution in [0.15, 0.2) is 6.33 Å². The minimum absolute atomic E-state index is 0.427. The Morgan fingerprint density at radius 3 is 2.30 bits per heavy atom. The van der Waals surface area contributed by atoms with Crippen molar-refractivity contribution in [1.82, 2.24) is 9.97 Å². The monoisotopic (exact) mass is 276 g/mol. The van der Waals surface area contributed by atoms with Gasteiger partial charge in [0.2, 0.25) is 0 Å². The molecule has 1 fully saturated rings. The predicted molar refractivity (Wildman–Crippen MR) is 85.4 cm³/mol. The molecule has 2 rings (SSSR count). The van der Waals surface area contributed by atoms with E-state index in [0.717, 1.165) is 36.6 Å². The van der Waals surface area contributed by atoms with E-state index in [1.807, 2.05) is 7.05 Å². The van der Waals surface area contributed by atoms with E-state index in [1.54, 1.807) is 6.33 Å². The van der Waals surface area contributed by atoms with E-state index in [1.165, 1.54) is 18.4 Å². The van der Waals surface area contributed by atoms with Gasteiger partial charge in [-0.25, -0.2) is 9.97 Å². The molecule has 20 heavy (non-hydrogen) atoms. The maximum atomic E-state index is 4.58. The normalized spacial score (nSPS) is 17.1. The molecule has 1 aromatic heterocycles. The molecule has 0 spiro atoms. The van der Waals surface area contributed by atoms with Crippen LogP contribution in [0.3, 0.4) is 0 Å². The number of hydrogen-bond acceptors (Lipinski definition) is 4. The molecule has 0 amide bonds. The van der Waals surface area contributed by atoms with Crippen LogP contribution in [0.1, 0.15) is 52.0 Å². The van der Waals surface area contributed by atoms with Crippen LogP contribution in [0.2, 0.25) is 0 Å². The minimum atomic E-state index is 0.427. The molecule has 112 valence electrons. The average Bonchev–Trinajstić information content (AvgIpc) is 2.46. The van der Waals surface area contributed by atoms with Crippen molar-refractivity contribution in [3.63, 3.8) is 0 Å². The van der Waals surface area contributed by atoms with Gasteiger partial charge >= 0.3 is 0 Å². The molecule has 0 saturated carbocycles. The molecule has 1 N–H and O–H groups in total. The number of anilines is 2. The van der Waals surface area contributed by atoms with Crippen LogP contribution in [0.5, 0.6) is 0 Å². The van der Waals surface area contributed by atoms with Crippen LogP contribution < -0.4 is 10.2 Å². The van der Waals surface area contributed by atoms with Gasteiger partial charge in [0.05, 0.1) is 0 Å². The summed E-state index contributed by atoms with van der Waals surface area (Å²) in [4.78, 5) is 11.4. The van der Waals surface area contributed by atoms with Crippen LogP contribution in [-0.2, 0) is 0 Å². The van der Waals surface area contributed by atoms with Crippen molar-refractivity contribution in [2.24, 2.45) is 11.8 Å². The molecule has 1 aliphatic rings. The smallest absolute Gasteiger partial charge is 0.137 e. The number of hydrogen-bond donors (Lipinski definition) is 1. The zero-order valence-corrected chi connectivity index (χ0v) is 13.5. The van der Waals surface area contributed by atoms with Crippen LogP contribution in [-0.4, -0.2) is 30.1 Å². The third-order valence-electron chi connectivity index (χ3n) is 4.46. The van der Waals surface area contributed by atoms with Crippen LogP contribution in [0.4, 0.5) is 11.6 Å². The Bertz CT molecular complexity index is 434. The maximum Gasteiger partial charge on any atom is 0.137 e. The van der Waals surface area contributed by atoms with E-state index >= 15 is 0 Å². The highest BCUT2D eigenvalue weighted by atomic mass is 15.2. The van der Waals surface area contributed by atoms with Crippen molar-refractivity contribution in [3.8, 4) is 0 Å². The highest BCUT2D eigenvalue weighted by Gasteiger charge is 2.25. The van der Waals surface area contributed by atoms with Gasteiger partial charge in [-0.3, -0.25) is 0 Å². The average molecular weight is 276 g/mol. The Balaban J connectivity index is 2.21. The van der Waals surface area contributed by atoms with Crippen LogP contribution in [0, 0.1) is 11.8 Å². The third kappa shape index (κ3) is 3.05. The first-order chi connectivity index (χ1) is 9.54. The Kier molecular flexibility index (Phi) is 4.84. The quantitative estimate of drug-likeness (QED) is 0.913. The zero-order valence-electron chi connectivity index (χ0n) is 13.5. The summed E-state index contributed by atoms with van der Waals surface area (Å²) < 4.78 is 0. The van der Waals surface area contributed by atoms with E-state index in [4.69, 9.17) is 0 Å². The molecule has 0 aromatic carbocycles. The number of nitrogens with one attached hydrogen (secondary N) is 1. The molecule has 1 saturated heterocycles. The number of rotatable bonds is 4. The molecular formula is C16H28N4. The van der Waals surface area contributed by atoms with Crippen molar-refractivity contribution >= 4 is 11.6 Å². The summed E-state index contributed by atoms with van der Waals surface area (Å²) in [6.45, 7) is 11.3. The third-order valence-corrected chi connectivity index (χ3v) is 4.46. The summed E-state index contributed by atoms with van der Waals surface area (Å²) in [5.41, 5.74) is 1.25. The maximum absolute atomic E-state index is 4.58. The largest absolute Gasteiger partial charge is 0.373 e. The molecule has 4 heteroatoms. The van der Waals surface area contributed by atoms with Gasteiger partial charge in [0.1, 0.15) is 18.0 Å². The van der Waals surface area contributed by atoms with Gasteiger partial charge in [0.15, 0.2) is 0 Å². The van der Waals surface area contributed by atoms with E-state index < -0.39 is 0 Å². The van der Waals surface area contributed by atoms with Crippen molar-refractivity contribution in [1.29, 1.82) is 0 Å². The topological polar surface area (TPSA) is 41.1 Å². The molecule has 4 nitrogen and oxygen atoms in total. The number of aromatic nitrogens is 2. The van der Waals surface area contributed by atoms with Gasteiger partial charge in [0.25, 0.3) is 0 Å². The SMILES string of the molecule is CNc1ncnc(N2CCC(C(C)C)CC2)c1C(C)C. The van der Waals surface area contributed by atoms with Crippen LogP contribution >= 0.6 is 0 Å². The number of piperidine rings is 1. The predicted octanol–water partition coefficient (Wildman–Crippen LogP) is 3.51. The second-order valence-electron chi connectivity index (χ2n) is 6.43. The first-order valence-corrected chi connectivity index (χ1v) is 7.82. The molecule has 0 unspecified atom stereocenters. The summed E-state index contributed by atoms with van der Waals surface area (Å²) in [6.07, 6.45) is 4.23. The van der Waals surface area contributed by atoms with E-state index in [9.17, 15) is 0 Å². The van der Waals surface area contributed by atoms with Crippen molar-refractivity contribution in [2.45, 2.75) is 46.5 Å². The molecule has 2 heterocycles. The Morgan fingerprint density at radius 2 is 1.80 bits per heavy atom. The van der Waals surface area contributed by atoms with E-state index in [0.29, 0.717) is 5.92 Å². The summed E-state index contributed by atoms with van der Waals surface area (Å²) in [5.74, 6) is 4.17. The highest BCUT2D eigenvalue weighted by Crippen LogP contribution is 2.34. The van der Waals surface area contributed by atoms with Gasteiger partial charge in [-0.1, -0.05) is 27.7 Å². The van der Waals surface area contributed by atoms with Crippen molar-refractivity contribution in [3.05, 3.63) is 11.9 Å². The first-order valence-electron chi connectivity index (χ1n) is 7.82. The molecular weight excluding hydrogens is 248 g/mol. The lowest BCUT2D eigenvalue weighted by molar-refractivity contribution is 0.310. The first kappa shape index (κ1) is 15.1. The molecule has 0 radical (unpaired) electrons. The van der Waals surface area contributed by atoms with Gasteiger partial charge in [-0.2, -0.15) is 0 Å².